The van der Waals surface area contributed by atoms with Gasteiger partial charge in [0.15, 0.2) is 17.1 Å². The van der Waals surface area contributed by atoms with Crippen molar-refractivity contribution in [2.75, 3.05) is 0 Å². The summed E-state index contributed by atoms with van der Waals surface area (Å²) in [7, 11) is 0. The summed E-state index contributed by atoms with van der Waals surface area (Å²) in [6.45, 7) is 24.1. The molecule has 0 saturated heterocycles. The van der Waals surface area contributed by atoms with Gasteiger partial charge in [-0.3, -0.25) is 9.79 Å². The Morgan fingerprint density at radius 2 is 1.80 bits per heavy atom. The minimum Gasteiger partial charge on any atom is -0.451 e. The van der Waals surface area contributed by atoms with E-state index in [-0.39, 0.29) is 16.6 Å². The third-order valence-corrected chi connectivity index (χ3v) is 9.86. The molecule has 2 saturated carbocycles. The molecular formula is C36H52N2O2. The molecule has 2 fully saturated rings. The first-order valence-corrected chi connectivity index (χ1v) is 15.5. The van der Waals surface area contributed by atoms with E-state index in [0.717, 1.165) is 47.3 Å². The van der Waals surface area contributed by atoms with Crippen LogP contribution in [0.25, 0.3) is 11.1 Å². The SMILES string of the molecule is C=CC(=N/C(C)=C\C)C1CCC(CC(=O)c2cc3nc(C4CCC(C)(C)CC4)cc(C(C)(C)C)c3o2)C(C)(C)C1. The van der Waals surface area contributed by atoms with Gasteiger partial charge >= 0.3 is 0 Å². The molecule has 40 heavy (non-hydrogen) atoms. The van der Waals surface area contributed by atoms with Crippen LogP contribution in [0, 0.1) is 22.7 Å². The van der Waals surface area contributed by atoms with Gasteiger partial charge in [0.2, 0.25) is 0 Å². The molecule has 0 bridgehead atoms. The predicted molar refractivity (Wildman–Crippen MR) is 168 cm³/mol. The molecule has 0 aromatic carbocycles. The lowest BCUT2D eigenvalue weighted by Gasteiger charge is -2.42. The number of hydrogen-bond acceptors (Lipinski definition) is 4. The van der Waals surface area contributed by atoms with Crippen LogP contribution in [0.4, 0.5) is 0 Å². The first-order valence-electron chi connectivity index (χ1n) is 15.5. The number of nitrogens with zero attached hydrogens (tertiary/aromatic N) is 2. The average Bonchev–Trinajstić information content (AvgIpc) is 3.31. The summed E-state index contributed by atoms with van der Waals surface area (Å²) < 4.78 is 6.35. The number of fused-ring (bicyclic) bond motifs is 1. The van der Waals surface area contributed by atoms with Gasteiger partial charge in [-0.2, -0.15) is 0 Å². The van der Waals surface area contributed by atoms with Crippen LogP contribution >= 0.6 is 0 Å². The zero-order chi connectivity index (χ0) is 29.5. The molecule has 2 aliphatic rings. The molecular weight excluding hydrogens is 492 g/mol. The summed E-state index contributed by atoms with van der Waals surface area (Å²) in [6.07, 6.45) is 12.3. The Morgan fingerprint density at radius 1 is 1.12 bits per heavy atom. The molecule has 2 atom stereocenters. The van der Waals surface area contributed by atoms with Gasteiger partial charge in [0, 0.05) is 47.0 Å². The van der Waals surface area contributed by atoms with Crippen LogP contribution in [0.5, 0.6) is 0 Å². The van der Waals surface area contributed by atoms with E-state index < -0.39 is 0 Å². The number of aromatic nitrogens is 1. The van der Waals surface area contributed by atoms with E-state index in [2.05, 4.69) is 61.1 Å². The zero-order valence-corrected chi connectivity index (χ0v) is 26.6. The molecule has 4 nitrogen and oxygen atoms in total. The van der Waals surface area contributed by atoms with Gasteiger partial charge < -0.3 is 4.42 Å². The minimum absolute atomic E-state index is 0.0228. The maximum absolute atomic E-state index is 13.7. The lowest BCUT2D eigenvalue weighted by molar-refractivity contribution is 0.0762. The van der Waals surface area contributed by atoms with Crippen LogP contribution in [0.3, 0.4) is 0 Å². The second kappa shape index (κ2) is 11.4. The maximum Gasteiger partial charge on any atom is 0.198 e. The average molecular weight is 545 g/mol. The molecule has 0 spiro atoms. The third-order valence-electron chi connectivity index (χ3n) is 9.86. The largest absolute Gasteiger partial charge is 0.451 e. The van der Waals surface area contributed by atoms with Crippen molar-refractivity contribution < 1.29 is 9.21 Å². The topological polar surface area (TPSA) is 55.5 Å². The number of hydrogen-bond donors (Lipinski definition) is 0. The fraction of sp³-hybridized carbons (Fsp3) is 0.639. The number of ketones is 1. The van der Waals surface area contributed by atoms with Crippen molar-refractivity contribution in [1.29, 1.82) is 0 Å². The lowest BCUT2D eigenvalue weighted by Crippen LogP contribution is -2.36. The Hall–Kier alpha value is -2.49. The van der Waals surface area contributed by atoms with Crippen LogP contribution in [0.15, 0.2) is 46.0 Å². The summed E-state index contributed by atoms with van der Waals surface area (Å²) in [4.78, 5) is 23.6. The highest BCUT2D eigenvalue weighted by Crippen LogP contribution is 2.47. The van der Waals surface area contributed by atoms with Gasteiger partial charge in [0.25, 0.3) is 0 Å². The highest BCUT2D eigenvalue weighted by atomic mass is 16.3. The summed E-state index contributed by atoms with van der Waals surface area (Å²) >= 11 is 0. The molecule has 2 aliphatic carbocycles. The molecule has 4 rings (SSSR count). The summed E-state index contributed by atoms with van der Waals surface area (Å²) in [5.41, 5.74) is 6.38. The van der Waals surface area contributed by atoms with Gasteiger partial charge in [-0.1, -0.05) is 61.1 Å². The second-order valence-electron chi connectivity index (χ2n) is 15.1. The van der Waals surface area contributed by atoms with Gasteiger partial charge in [-0.15, -0.1) is 0 Å². The van der Waals surface area contributed by atoms with Crippen LogP contribution in [-0.2, 0) is 5.41 Å². The number of carbonyl (C=O) groups is 1. The highest BCUT2D eigenvalue weighted by molar-refractivity contribution is 5.98. The Labute approximate surface area is 242 Å². The molecule has 0 amide bonds. The fourth-order valence-electron chi connectivity index (χ4n) is 6.86. The first-order chi connectivity index (χ1) is 18.6. The Bertz CT molecular complexity index is 1300. The van der Waals surface area contributed by atoms with Gasteiger partial charge in [-0.25, -0.2) is 4.98 Å². The van der Waals surface area contributed by atoms with Crippen molar-refractivity contribution in [2.24, 2.45) is 27.7 Å². The predicted octanol–water partition coefficient (Wildman–Crippen LogP) is 10.4. The second-order valence-corrected chi connectivity index (χ2v) is 15.1. The van der Waals surface area contributed by atoms with E-state index in [1.807, 2.05) is 32.1 Å². The van der Waals surface area contributed by atoms with Crippen molar-refractivity contribution in [2.45, 2.75) is 125 Å². The van der Waals surface area contributed by atoms with Crippen LogP contribution in [0.2, 0.25) is 0 Å². The molecule has 218 valence electrons. The Kier molecular flexibility index (Phi) is 8.69. The molecule has 2 aromatic rings. The molecule has 2 aromatic heterocycles. The molecule has 0 aliphatic heterocycles. The number of rotatable bonds is 7. The first kappa shape index (κ1) is 30.5. The highest BCUT2D eigenvalue weighted by Gasteiger charge is 2.39. The van der Waals surface area contributed by atoms with E-state index in [9.17, 15) is 4.79 Å². The van der Waals surface area contributed by atoms with E-state index in [4.69, 9.17) is 14.4 Å². The Morgan fingerprint density at radius 3 is 2.38 bits per heavy atom. The quantitative estimate of drug-likeness (QED) is 0.257. The van der Waals surface area contributed by atoms with Crippen LogP contribution < -0.4 is 0 Å². The van der Waals surface area contributed by atoms with Gasteiger partial charge in [0.1, 0.15) is 5.52 Å². The fourth-order valence-corrected chi connectivity index (χ4v) is 6.86. The summed E-state index contributed by atoms with van der Waals surface area (Å²) in [5.74, 6) is 1.71. The van der Waals surface area contributed by atoms with Gasteiger partial charge in [-0.05, 0) is 93.1 Å². The number of aliphatic imine (C=N–C) groups is 1. The van der Waals surface area contributed by atoms with E-state index >= 15 is 0 Å². The Balaban J connectivity index is 1.56. The van der Waals surface area contributed by atoms with Crippen molar-refractivity contribution >= 4 is 22.6 Å². The van der Waals surface area contributed by atoms with Crippen molar-refractivity contribution in [3.8, 4) is 0 Å². The molecule has 0 N–H and O–H groups in total. The minimum atomic E-state index is -0.0991. The maximum atomic E-state index is 13.7. The van der Waals surface area contributed by atoms with E-state index in [0.29, 0.717) is 35.3 Å². The van der Waals surface area contributed by atoms with Crippen LogP contribution in [0.1, 0.15) is 141 Å². The van der Waals surface area contributed by atoms with Crippen molar-refractivity contribution in [3.05, 3.63) is 53.6 Å². The molecule has 4 heteroatoms. The number of furan rings is 1. The zero-order valence-electron chi connectivity index (χ0n) is 26.6. The third kappa shape index (κ3) is 6.69. The van der Waals surface area contributed by atoms with E-state index in [1.54, 1.807) is 0 Å². The van der Waals surface area contributed by atoms with Crippen molar-refractivity contribution in [1.82, 2.24) is 4.98 Å². The summed E-state index contributed by atoms with van der Waals surface area (Å²) in [5, 5.41) is 0. The lowest BCUT2D eigenvalue weighted by atomic mass is 9.62. The molecule has 0 radical (unpaired) electrons. The molecule has 2 heterocycles. The smallest absolute Gasteiger partial charge is 0.198 e. The van der Waals surface area contributed by atoms with Gasteiger partial charge in [0.05, 0.1) is 0 Å². The number of Topliss-reactive ketones (excluding diaryl/α,β-unsaturated/α-hetero) is 1. The monoisotopic (exact) mass is 544 g/mol. The number of allylic oxidation sites excluding steroid dienone is 3. The van der Waals surface area contributed by atoms with E-state index in [1.165, 1.54) is 31.4 Å². The normalized spacial score (nSPS) is 24.3. The van der Waals surface area contributed by atoms with Crippen LogP contribution in [-0.4, -0.2) is 16.5 Å². The summed E-state index contributed by atoms with van der Waals surface area (Å²) in [6, 6.07) is 4.19. The number of carbonyl (C=O) groups excluding carboxylic acids is 1. The standard InChI is InChI=1S/C36H52N2O2/c1-11-23(3)37-28(12-2)25-13-14-26(36(9,10)22-25)19-31(39)32-21-30-33(40-32)27(34(4,5)6)20-29(38-30)24-15-17-35(7,8)18-16-24/h11-12,20-21,24-26H,2,13-19,22H2,1,3-10H3/b23-11-,37-28?. The molecule has 2 unspecified atom stereocenters. The van der Waals surface area contributed by atoms with Crippen molar-refractivity contribution in [3.63, 3.8) is 0 Å². The number of pyridine rings is 1.